The number of nitrogens with zero attached hydrogens (tertiary/aromatic N) is 3. The summed E-state index contributed by atoms with van der Waals surface area (Å²) in [5.41, 5.74) is 1.03. The van der Waals surface area contributed by atoms with Crippen LogP contribution in [0.25, 0.3) is 11.0 Å². The van der Waals surface area contributed by atoms with Crippen molar-refractivity contribution in [1.29, 1.82) is 0 Å². The summed E-state index contributed by atoms with van der Waals surface area (Å²) in [7, 11) is 0. The smallest absolute Gasteiger partial charge is 0.329 e. The van der Waals surface area contributed by atoms with Gasteiger partial charge in [0.25, 0.3) is 0 Å². The zero-order valence-electron chi connectivity index (χ0n) is 8.65. The fourth-order valence-electron chi connectivity index (χ4n) is 1.56. The highest BCUT2D eigenvalue weighted by Crippen LogP contribution is 2.18. The average Bonchev–Trinajstić information content (AvgIpc) is 2.69. The van der Waals surface area contributed by atoms with Crippen LogP contribution in [0.1, 0.15) is 12.5 Å². The van der Waals surface area contributed by atoms with Crippen LogP contribution < -0.4 is 0 Å². The number of carboxylic acids is 2. The molecule has 0 aliphatic carbocycles. The number of aliphatic carboxylic acids is 2. The van der Waals surface area contributed by atoms with Gasteiger partial charge in [-0.15, -0.1) is 5.10 Å². The number of benzene rings is 1. The molecule has 1 aromatic carbocycles. The minimum atomic E-state index is -1.25. The molecule has 0 aliphatic heterocycles. The van der Waals surface area contributed by atoms with Crippen molar-refractivity contribution in [2.75, 3.05) is 0 Å². The fourth-order valence-corrected chi connectivity index (χ4v) is 1.56. The summed E-state index contributed by atoms with van der Waals surface area (Å²) in [6.07, 6.45) is -0.539. The first kappa shape index (κ1) is 11.1. The van der Waals surface area contributed by atoms with Gasteiger partial charge in [0.1, 0.15) is 5.52 Å². The largest absolute Gasteiger partial charge is 0.481 e. The predicted octanol–water partition coefficient (Wildman–Crippen LogP) is 0.532. The van der Waals surface area contributed by atoms with E-state index in [1.165, 1.54) is 0 Å². The molecule has 0 saturated heterocycles. The van der Waals surface area contributed by atoms with Gasteiger partial charge in [-0.1, -0.05) is 17.3 Å². The Morgan fingerprint density at radius 1 is 1.29 bits per heavy atom. The summed E-state index contributed by atoms with van der Waals surface area (Å²) >= 11 is 0. The number of hydrogen-bond donors (Lipinski definition) is 2. The van der Waals surface area contributed by atoms with Crippen molar-refractivity contribution < 1.29 is 19.8 Å². The van der Waals surface area contributed by atoms with E-state index in [2.05, 4.69) is 10.3 Å². The second-order valence-corrected chi connectivity index (χ2v) is 3.47. The number of para-hydroxylation sites is 1. The van der Waals surface area contributed by atoms with Crippen LogP contribution in [0.15, 0.2) is 24.3 Å². The van der Waals surface area contributed by atoms with E-state index >= 15 is 0 Å². The van der Waals surface area contributed by atoms with Crippen LogP contribution in [0.4, 0.5) is 0 Å². The van der Waals surface area contributed by atoms with E-state index in [0.29, 0.717) is 11.0 Å². The summed E-state index contributed by atoms with van der Waals surface area (Å²) in [6.45, 7) is 0. The van der Waals surface area contributed by atoms with Gasteiger partial charge in [-0.2, -0.15) is 0 Å². The van der Waals surface area contributed by atoms with Crippen molar-refractivity contribution in [3.63, 3.8) is 0 Å². The Hall–Kier alpha value is -2.44. The Morgan fingerprint density at radius 2 is 2.00 bits per heavy atom. The first-order valence-electron chi connectivity index (χ1n) is 4.84. The Labute approximate surface area is 95.3 Å². The molecule has 7 nitrogen and oxygen atoms in total. The van der Waals surface area contributed by atoms with E-state index < -0.39 is 24.4 Å². The number of aromatic nitrogens is 3. The first-order chi connectivity index (χ1) is 8.09. The molecular formula is C10H9N3O4. The van der Waals surface area contributed by atoms with Gasteiger partial charge in [0.15, 0.2) is 6.04 Å². The standard InChI is InChI=1S/C10H9N3O4/c14-9(15)5-8(10(16)17)13-7-4-2-1-3-6(7)11-12-13/h1-4,8H,5H2,(H,14,15)(H,16,17). The van der Waals surface area contributed by atoms with Gasteiger partial charge < -0.3 is 10.2 Å². The van der Waals surface area contributed by atoms with Gasteiger partial charge in [-0.25, -0.2) is 9.48 Å². The number of carboxylic acid groups (broad SMARTS) is 2. The molecule has 0 saturated carbocycles. The van der Waals surface area contributed by atoms with Crippen molar-refractivity contribution in [3.8, 4) is 0 Å². The lowest BCUT2D eigenvalue weighted by atomic mass is 10.2. The lowest BCUT2D eigenvalue weighted by molar-refractivity contribution is -0.147. The van der Waals surface area contributed by atoms with Crippen LogP contribution in [0.3, 0.4) is 0 Å². The second-order valence-electron chi connectivity index (χ2n) is 3.47. The lowest BCUT2D eigenvalue weighted by Gasteiger charge is -2.10. The third-order valence-corrected chi connectivity index (χ3v) is 2.33. The first-order valence-corrected chi connectivity index (χ1v) is 4.84. The van der Waals surface area contributed by atoms with Gasteiger partial charge in [-0.3, -0.25) is 4.79 Å². The summed E-state index contributed by atoms with van der Waals surface area (Å²) in [5, 5.41) is 25.2. The van der Waals surface area contributed by atoms with Gasteiger partial charge in [0, 0.05) is 0 Å². The molecule has 0 bridgehead atoms. The van der Waals surface area contributed by atoms with E-state index in [0.717, 1.165) is 4.68 Å². The van der Waals surface area contributed by atoms with E-state index in [4.69, 9.17) is 10.2 Å². The SMILES string of the molecule is O=C(O)CC(C(=O)O)n1nnc2ccccc21. The number of rotatable bonds is 4. The Balaban J connectivity index is 2.48. The Bertz CT molecular complexity index is 578. The normalized spacial score (nSPS) is 12.5. The molecule has 0 spiro atoms. The highest BCUT2D eigenvalue weighted by molar-refractivity contribution is 5.82. The van der Waals surface area contributed by atoms with Crippen LogP contribution in [-0.4, -0.2) is 37.1 Å². The van der Waals surface area contributed by atoms with Crippen molar-refractivity contribution in [2.45, 2.75) is 12.5 Å². The lowest BCUT2D eigenvalue weighted by Crippen LogP contribution is -2.23. The summed E-state index contributed by atoms with van der Waals surface area (Å²) in [5.74, 6) is -2.44. The second kappa shape index (κ2) is 4.20. The highest BCUT2D eigenvalue weighted by Gasteiger charge is 2.25. The maximum Gasteiger partial charge on any atom is 0.329 e. The van der Waals surface area contributed by atoms with Gasteiger partial charge in [0.05, 0.1) is 11.9 Å². The molecule has 1 heterocycles. The van der Waals surface area contributed by atoms with E-state index in [1.807, 2.05) is 0 Å². The number of carbonyl (C=O) groups is 2. The van der Waals surface area contributed by atoms with E-state index in [-0.39, 0.29) is 0 Å². The molecule has 2 rings (SSSR count). The minimum absolute atomic E-state index is 0.501. The zero-order chi connectivity index (χ0) is 12.4. The molecule has 0 fully saturated rings. The molecular weight excluding hydrogens is 226 g/mol. The molecule has 17 heavy (non-hydrogen) atoms. The van der Waals surface area contributed by atoms with Crippen molar-refractivity contribution in [1.82, 2.24) is 15.0 Å². The Kier molecular flexibility index (Phi) is 2.73. The molecule has 2 N–H and O–H groups in total. The summed E-state index contributed by atoms with van der Waals surface area (Å²) in [6, 6.07) is 5.53. The van der Waals surface area contributed by atoms with Crippen molar-refractivity contribution in [3.05, 3.63) is 24.3 Å². The molecule has 2 aromatic rings. The fraction of sp³-hybridized carbons (Fsp3) is 0.200. The van der Waals surface area contributed by atoms with Crippen LogP contribution in [0.2, 0.25) is 0 Å². The van der Waals surface area contributed by atoms with Crippen molar-refractivity contribution in [2.24, 2.45) is 0 Å². The van der Waals surface area contributed by atoms with Crippen LogP contribution in [0, 0.1) is 0 Å². The molecule has 0 amide bonds. The van der Waals surface area contributed by atoms with Gasteiger partial charge in [-0.05, 0) is 12.1 Å². The van der Waals surface area contributed by atoms with E-state index in [9.17, 15) is 9.59 Å². The molecule has 1 atom stereocenters. The third-order valence-electron chi connectivity index (χ3n) is 2.33. The zero-order valence-corrected chi connectivity index (χ0v) is 8.65. The molecule has 1 aromatic heterocycles. The third kappa shape index (κ3) is 2.07. The Morgan fingerprint density at radius 3 is 2.65 bits per heavy atom. The van der Waals surface area contributed by atoms with Gasteiger partial charge in [0.2, 0.25) is 0 Å². The maximum atomic E-state index is 11.0. The molecule has 88 valence electrons. The van der Waals surface area contributed by atoms with Gasteiger partial charge >= 0.3 is 11.9 Å². The monoisotopic (exact) mass is 235 g/mol. The van der Waals surface area contributed by atoms with E-state index in [1.54, 1.807) is 24.3 Å². The maximum absolute atomic E-state index is 11.0. The predicted molar refractivity (Wildman–Crippen MR) is 56.5 cm³/mol. The highest BCUT2D eigenvalue weighted by atomic mass is 16.4. The minimum Gasteiger partial charge on any atom is -0.481 e. The molecule has 7 heteroatoms. The molecule has 1 unspecified atom stereocenters. The summed E-state index contributed by atoms with van der Waals surface area (Å²) in [4.78, 5) is 21.6. The number of hydrogen-bond acceptors (Lipinski definition) is 4. The number of fused-ring (bicyclic) bond motifs is 1. The van der Waals surface area contributed by atoms with Crippen LogP contribution in [0.5, 0.6) is 0 Å². The van der Waals surface area contributed by atoms with Crippen molar-refractivity contribution >= 4 is 23.0 Å². The topological polar surface area (TPSA) is 105 Å². The molecule has 0 radical (unpaired) electrons. The molecule has 0 aliphatic rings. The quantitative estimate of drug-likeness (QED) is 0.800. The summed E-state index contributed by atoms with van der Waals surface area (Å²) < 4.78 is 1.12. The average molecular weight is 235 g/mol. The van der Waals surface area contributed by atoms with Crippen LogP contribution >= 0.6 is 0 Å². The van der Waals surface area contributed by atoms with Crippen LogP contribution in [-0.2, 0) is 9.59 Å².